The lowest BCUT2D eigenvalue weighted by molar-refractivity contribution is 0.669. The van der Waals surface area contributed by atoms with Crippen LogP contribution in [0.3, 0.4) is 0 Å². The molecular weight excluding hydrogens is 562 g/mol. The molecule has 0 amide bonds. The number of hydrogen-bond donors (Lipinski definition) is 0. The van der Waals surface area contributed by atoms with Crippen LogP contribution in [0.15, 0.2) is 160 Å². The number of fused-ring (bicyclic) bond motifs is 9. The van der Waals surface area contributed by atoms with E-state index in [4.69, 9.17) is 13.8 Å². The molecule has 3 aromatic heterocycles. The molecule has 0 aliphatic carbocycles. The van der Waals surface area contributed by atoms with Gasteiger partial charge in [-0.05, 0) is 41.5 Å². The smallest absolute Gasteiger partial charge is 0.143 e. The van der Waals surface area contributed by atoms with Crippen LogP contribution in [-0.4, -0.2) is 4.98 Å². The minimum absolute atomic E-state index is 0.850. The molecule has 0 atom stereocenters. The highest BCUT2D eigenvalue weighted by Crippen LogP contribution is 2.47. The van der Waals surface area contributed by atoms with E-state index in [0.29, 0.717) is 0 Å². The van der Waals surface area contributed by atoms with Gasteiger partial charge in [0.15, 0.2) is 0 Å². The minimum Gasteiger partial charge on any atom is -0.456 e. The predicted octanol–water partition coefficient (Wildman–Crippen LogP) is 12.2. The largest absolute Gasteiger partial charge is 0.456 e. The molecule has 3 nitrogen and oxygen atoms in total. The third-order valence-electron chi connectivity index (χ3n) is 9.24. The maximum atomic E-state index is 6.59. The topological polar surface area (TPSA) is 39.2 Å². The molecule has 0 saturated carbocycles. The van der Waals surface area contributed by atoms with Crippen LogP contribution in [0.4, 0.5) is 0 Å². The molecule has 0 spiro atoms. The second-order valence-corrected chi connectivity index (χ2v) is 11.9. The Bertz CT molecular complexity index is 2800. The number of furan rings is 2. The third-order valence-corrected chi connectivity index (χ3v) is 9.24. The summed E-state index contributed by atoms with van der Waals surface area (Å²) >= 11 is 0. The number of rotatable bonds is 3. The van der Waals surface area contributed by atoms with E-state index in [1.165, 1.54) is 5.39 Å². The minimum atomic E-state index is 0.850. The van der Waals surface area contributed by atoms with Crippen molar-refractivity contribution in [2.45, 2.75) is 0 Å². The van der Waals surface area contributed by atoms with Crippen molar-refractivity contribution in [3.05, 3.63) is 152 Å². The highest BCUT2D eigenvalue weighted by atomic mass is 16.3. The first-order valence-corrected chi connectivity index (χ1v) is 15.5. The molecule has 3 heteroatoms. The van der Waals surface area contributed by atoms with Gasteiger partial charge in [-0.1, -0.05) is 121 Å². The molecule has 0 saturated heterocycles. The quantitative estimate of drug-likeness (QED) is 0.193. The third kappa shape index (κ3) is 3.63. The van der Waals surface area contributed by atoms with Gasteiger partial charge in [-0.2, -0.15) is 0 Å². The van der Waals surface area contributed by atoms with Crippen molar-refractivity contribution in [3.8, 4) is 33.5 Å². The summed E-state index contributed by atoms with van der Waals surface area (Å²) in [5, 5.41) is 7.81. The molecule has 0 bridgehead atoms. The number of benzene rings is 7. The molecule has 0 fully saturated rings. The number of hydrogen-bond acceptors (Lipinski definition) is 3. The maximum absolute atomic E-state index is 6.59. The average Bonchev–Trinajstić information content (AvgIpc) is 3.69. The SMILES string of the molecule is c1ccc(-c2nc3ccccc3c3c(-c4cccc(-c5cccc6c5oc5ccccc56)c4)c4c(cc23)oc2ccccc24)cc1. The Labute approximate surface area is 264 Å². The highest BCUT2D eigenvalue weighted by Gasteiger charge is 2.22. The number of aromatic nitrogens is 1. The molecule has 0 unspecified atom stereocenters. The molecule has 7 aromatic carbocycles. The lowest BCUT2D eigenvalue weighted by Crippen LogP contribution is -1.93. The Morgan fingerprint density at radius 3 is 1.91 bits per heavy atom. The molecule has 0 N–H and O–H groups in total. The summed E-state index contributed by atoms with van der Waals surface area (Å²) in [6.45, 7) is 0. The molecular formula is C43H25NO2. The van der Waals surface area contributed by atoms with Gasteiger partial charge in [0.25, 0.3) is 0 Å². The van der Waals surface area contributed by atoms with Gasteiger partial charge in [-0.3, -0.25) is 0 Å². The first-order chi connectivity index (χ1) is 22.8. The molecule has 3 heterocycles. The molecule has 214 valence electrons. The summed E-state index contributed by atoms with van der Waals surface area (Å²) in [4.78, 5) is 5.24. The standard InChI is InChI=1S/C43H25NO2/c1-2-12-26(13-3-1)42-34-25-38-41(33-18-6-9-23-37(33)45-38)39(40(34)32-17-4-7-21-35(32)44-42)28-15-10-14-27(24-28)29-19-11-20-31-30-16-5-8-22-36(30)46-43(29)31/h1-25H. The van der Waals surface area contributed by atoms with Crippen molar-refractivity contribution in [2.75, 3.05) is 0 Å². The zero-order valence-electron chi connectivity index (χ0n) is 24.7. The molecule has 10 rings (SSSR count). The van der Waals surface area contributed by atoms with Crippen molar-refractivity contribution >= 4 is 65.6 Å². The van der Waals surface area contributed by atoms with Gasteiger partial charge in [-0.15, -0.1) is 0 Å². The van der Waals surface area contributed by atoms with E-state index in [1.807, 2.05) is 24.3 Å². The van der Waals surface area contributed by atoms with Crippen molar-refractivity contribution in [1.29, 1.82) is 0 Å². The Hall–Kier alpha value is -6.19. The lowest BCUT2D eigenvalue weighted by atomic mass is 9.88. The van der Waals surface area contributed by atoms with Crippen LogP contribution in [0.2, 0.25) is 0 Å². The molecule has 10 aromatic rings. The van der Waals surface area contributed by atoms with E-state index in [1.54, 1.807) is 0 Å². The van der Waals surface area contributed by atoms with Crippen molar-refractivity contribution in [2.24, 2.45) is 0 Å². The fourth-order valence-electron chi connectivity index (χ4n) is 7.24. The van der Waals surface area contributed by atoms with Gasteiger partial charge in [0.05, 0.1) is 11.2 Å². The first kappa shape index (κ1) is 25.2. The van der Waals surface area contributed by atoms with E-state index >= 15 is 0 Å². The number of nitrogens with zero attached hydrogens (tertiary/aromatic N) is 1. The van der Waals surface area contributed by atoms with Gasteiger partial charge in [0.2, 0.25) is 0 Å². The molecule has 0 radical (unpaired) electrons. The summed E-state index contributed by atoms with van der Waals surface area (Å²) in [7, 11) is 0. The summed E-state index contributed by atoms with van der Waals surface area (Å²) in [6, 6.07) is 53.0. The van der Waals surface area contributed by atoms with Gasteiger partial charge in [0.1, 0.15) is 22.3 Å². The fourth-order valence-corrected chi connectivity index (χ4v) is 7.24. The van der Waals surface area contributed by atoms with E-state index in [9.17, 15) is 0 Å². The first-order valence-electron chi connectivity index (χ1n) is 15.5. The van der Waals surface area contributed by atoms with E-state index in [0.717, 1.165) is 93.7 Å². The molecule has 0 aliphatic heterocycles. The van der Waals surface area contributed by atoms with Crippen LogP contribution < -0.4 is 0 Å². The summed E-state index contributed by atoms with van der Waals surface area (Å²) in [5.41, 5.74) is 10.9. The van der Waals surface area contributed by atoms with Crippen molar-refractivity contribution in [3.63, 3.8) is 0 Å². The van der Waals surface area contributed by atoms with Gasteiger partial charge >= 0.3 is 0 Å². The summed E-state index contributed by atoms with van der Waals surface area (Å²) < 4.78 is 13.1. The van der Waals surface area contributed by atoms with Gasteiger partial charge in [0, 0.05) is 54.4 Å². The molecule has 0 aliphatic rings. The zero-order valence-corrected chi connectivity index (χ0v) is 24.7. The number of para-hydroxylation sites is 4. The van der Waals surface area contributed by atoms with E-state index in [2.05, 4.69) is 127 Å². The van der Waals surface area contributed by atoms with E-state index in [-0.39, 0.29) is 0 Å². The normalized spacial score (nSPS) is 11.9. The Balaban J connectivity index is 1.35. The number of pyridine rings is 1. The maximum Gasteiger partial charge on any atom is 0.143 e. The predicted molar refractivity (Wildman–Crippen MR) is 190 cm³/mol. The summed E-state index contributed by atoms with van der Waals surface area (Å²) in [6.07, 6.45) is 0. The molecule has 46 heavy (non-hydrogen) atoms. The second kappa shape index (κ2) is 9.65. The van der Waals surface area contributed by atoms with Gasteiger partial charge < -0.3 is 8.83 Å². The van der Waals surface area contributed by atoms with Crippen molar-refractivity contribution < 1.29 is 8.83 Å². The van der Waals surface area contributed by atoms with Crippen LogP contribution in [0.1, 0.15) is 0 Å². The lowest BCUT2D eigenvalue weighted by Gasteiger charge is -2.16. The van der Waals surface area contributed by atoms with Crippen LogP contribution in [0.5, 0.6) is 0 Å². The zero-order chi connectivity index (χ0) is 30.2. The second-order valence-electron chi connectivity index (χ2n) is 11.9. The van der Waals surface area contributed by atoms with Crippen molar-refractivity contribution in [1.82, 2.24) is 4.98 Å². The van der Waals surface area contributed by atoms with Crippen LogP contribution in [0, 0.1) is 0 Å². The Morgan fingerprint density at radius 1 is 0.391 bits per heavy atom. The summed E-state index contributed by atoms with van der Waals surface area (Å²) in [5.74, 6) is 0. The van der Waals surface area contributed by atoms with Gasteiger partial charge in [-0.25, -0.2) is 4.98 Å². The average molecular weight is 588 g/mol. The van der Waals surface area contributed by atoms with Crippen LogP contribution >= 0.6 is 0 Å². The van der Waals surface area contributed by atoms with Crippen LogP contribution in [0.25, 0.3) is 99.1 Å². The van der Waals surface area contributed by atoms with E-state index < -0.39 is 0 Å². The highest BCUT2D eigenvalue weighted by molar-refractivity contribution is 6.28. The Kier molecular flexibility index (Phi) is 5.28. The van der Waals surface area contributed by atoms with Crippen LogP contribution in [-0.2, 0) is 0 Å². The fraction of sp³-hybridized carbons (Fsp3) is 0. The monoisotopic (exact) mass is 587 g/mol. The Morgan fingerprint density at radius 2 is 1.04 bits per heavy atom.